The minimum absolute atomic E-state index is 0.0293. The van der Waals surface area contributed by atoms with Crippen molar-refractivity contribution >= 4 is 29.0 Å². The van der Waals surface area contributed by atoms with Crippen LogP contribution in [0.2, 0.25) is 0 Å². The standard InChI is InChI=1S/C16H13FN2O3S/c1-10-5-6-12(17)8-14(10)18-15(20)9-23-16(18)11-3-2-4-13(7-11)19(21)22/h2-8,16H,9H2,1H3/t16-/m0/s1. The molecule has 7 heteroatoms. The van der Waals surface area contributed by atoms with E-state index in [0.29, 0.717) is 11.3 Å². The summed E-state index contributed by atoms with van der Waals surface area (Å²) >= 11 is 1.37. The lowest BCUT2D eigenvalue weighted by atomic mass is 10.1. The Hall–Kier alpha value is -2.41. The molecule has 1 amide bonds. The Morgan fingerprint density at radius 3 is 2.83 bits per heavy atom. The molecule has 2 aromatic carbocycles. The third-order valence-corrected chi connectivity index (χ3v) is 4.88. The Morgan fingerprint density at radius 2 is 2.09 bits per heavy atom. The van der Waals surface area contributed by atoms with Crippen LogP contribution in [0.4, 0.5) is 15.8 Å². The van der Waals surface area contributed by atoms with Gasteiger partial charge in [0.25, 0.3) is 5.69 Å². The van der Waals surface area contributed by atoms with Crippen molar-refractivity contribution in [3.63, 3.8) is 0 Å². The molecule has 23 heavy (non-hydrogen) atoms. The van der Waals surface area contributed by atoms with E-state index in [1.807, 2.05) is 0 Å². The SMILES string of the molecule is Cc1ccc(F)cc1N1C(=O)CS[C@H]1c1cccc([N+](=O)[O-])c1. The molecule has 0 radical (unpaired) electrons. The Balaban J connectivity index is 2.05. The van der Waals surface area contributed by atoms with Crippen LogP contribution < -0.4 is 4.90 Å². The number of hydrogen-bond donors (Lipinski definition) is 0. The second-order valence-corrected chi connectivity index (χ2v) is 6.28. The lowest BCUT2D eigenvalue weighted by molar-refractivity contribution is -0.384. The number of carbonyl (C=O) groups excluding carboxylic acids is 1. The molecule has 0 spiro atoms. The average Bonchev–Trinajstić information content (AvgIpc) is 2.91. The van der Waals surface area contributed by atoms with Crippen LogP contribution in [0.1, 0.15) is 16.5 Å². The van der Waals surface area contributed by atoms with E-state index in [2.05, 4.69) is 0 Å². The van der Waals surface area contributed by atoms with E-state index in [0.717, 1.165) is 5.56 Å². The molecule has 2 aromatic rings. The maximum atomic E-state index is 13.6. The van der Waals surface area contributed by atoms with E-state index in [-0.39, 0.29) is 17.3 Å². The first-order valence-electron chi connectivity index (χ1n) is 6.91. The van der Waals surface area contributed by atoms with Gasteiger partial charge in [-0.2, -0.15) is 0 Å². The normalized spacial score (nSPS) is 17.6. The zero-order valence-electron chi connectivity index (χ0n) is 12.2. The zero-order chi connectivity index (χ0) is 16.6. The number of anilines is 1. The molecule has 0 unspecified atom stereocenters. The molecule has 1 heterocycles. The molecule has 0 aromatic heterocycles. The number of thioether (sulfide) groups is 1. The number of aryl methyl sites for hydroxylation is 1. The molecule has 3 rings (SSSR count). The van der Waals surface area contributed by atoms with Crippen molar-refractivity contribution in [2.75, 3.05) is 10.7 Å². The van der Waals surface area contributed by atoms with Gasteiger partial charge in [0.05, 0.1) is 16.4 Å². The lowest BCUT2D eigenvalue weighted by Crippen LogP contribution is -2.28. The van der Waals surface area contributed by atoms with Gasteiger partial charge >= 0.3 is 0 Å². The van der Waals surface area contributed by atoms with Crippen LogP contribution in [0.5, 0.6) is 0 Å². The van der Waals surface area contributed by atoms with Crippen LogP contribution in [0.25, 0.3) is 0 Å². The number of nitro benzene ring substituents is 1. The van der Waals surface area contributed by atoms with Crippen LogP contribution in [0.15, 0.2) is 42.5 Å². The predicted molar refractivity (Wildman–Crippen MR) is 86.9 cm³/mol. The quantitative estimate of drug-likeness (QED) is 0.633. The number of nitrogens with zero attached hydrogens (tertiary/aromatic N) is 2. The van der Waals surface area contributed by atoms with Crippen LogP contribution in [0.3, 0.4) is 0 Å². The number of amides is 1. The maximum Gasteiger partial charge on any atom is 0.269 e. The van der Waals surface area contributed by atoms with Gasteiger partial charge in [0.2, 0.25) is 5.91 Å². The summed E-state index contributed by atoms with van der Waals surface area (Å²) in [4.78, 5) is 24.3. The van der Waals surface area contributed by atoms with Crippen molar-refractivity contribution in [3.05, 3.63) is 69.5 Å². The molecule has 0 aliphatic carbocycles. The van der Waals surface area contributed by atoms with Crippen LogP contribution in [0, 0.1) is 22.9 Å². The van der Waals surface area contributed by atoms with Crippen molar-refractivity contribution in [2.45, 2.75) is 12.3 Å². The molecule has 1 aliphatic rings. The minimum Gasteiger partial charge on any atom is -0.295 e. The van der Waals surface area contributed by atoms with E-state index in [4.69, 9.17) is 0 Å². The number of rotatable bonds is 3. The Kier molecular flexibility index (Phi) is 4.04. The molecule has 0 saturated carbocycles. The fourth-order valence-corrected chi connectivity index (χ4v) is 3.72. The monoisotopic (exact) mass is 332 g/mol. The second kappa shape index (κ2) is 6.00. The highest BCUT2D eigenvalue weighted by atomic mass is 32.2. The number of nitro groups is 1. The average molecular weight is 332 g/mol. The number of hydrogen-bond acceptors (Lipinski definition) is 4. The Bertz CT molecular complexity index is 797. The summed E-state index contributed by atoms with van der Waals surface area (Å²) in [5, 5.41) is 10.6. The van der Waals surface area contributed by atoms with Gasteiger partial charge in [-0.05, 0) is 30.2 Å². The largest absolute Gasteiger partial charge is 0.295 e. The topological polar surface area (TPSA) is 63.5 Å². The molecule has 1 fully saturated rings. The summed E-state index contributed by atoms with van der Waals surface area (Å²) in [6.07, 6.45) is 0. The van der Waals surface area contributed by atoms with Gasteiger partial charge < -0.3 is 0 Å². The Morgan fingerprint density at radius 1 is 1.30 bits per heavy atom. The van der Waals surface area contributed by atoms with Crippen LogP contribution in [-0.2, 0) is 4.79 Å². The fraction of sp³-hybridized carbons (Fsp3) is 0.188. The molecule has 0 bridgehead atoms. The van der Waals surface area contributed by atoms with E-state index >= 15 is 0 Å². The summed E-state index contributed by atoms with van der Waals surface area (Å²) in [5.74, 6) is -0.308. The summed E-state index contributed by atoms with van der Waals surface area (Å²) in [7, 11) is 0. The van der Waals surface area contributed by atoms with Gasteiger partial charge in [0.15, 0.2) is 0 Å². The van der Waals surface area contributed by atoms with Gasteiger partial charge in [0.1, 0.15) is 11.2 Å². The minimum atomic E-state index is -0.470. The predicted octanol–water partition coefficient (Wildman–Crippen LogP) is 3.82. The van der Waals surface area contributed by atoms with Gasteiger partial charge in [-0.25, -0.2) is 4.39 Å². The molecule has 118 valence electrons. The van der Waals surface area contributed by atoms with E-state index in [9.17, 15) is 19.3 Å². The number of non-ortho nitro benzene ring substituents is 1. The summed E-state index contributed by atoms with van der Waals surface area (Å²) in [6, 6.07) is 10.5. The molecule has 1 aliphatic heterocycles. The van der Waals surface area contributed by atoms with E-state index in [1.54, 1.807) is 25.1 Å². The molecule has 0 N–H and O–H groups in total. The third-order valence-electron chi connectivity index (χ3n) is 3.66. The third kappa shape index (κ3) is 2.92. The highest BCUT2D eigenvalue weighted by Gasteiger charge is 2.35. The highest BCUT2D eigenvalue weighted by molar-refractivity contribution is 8.00. The van der Waals surface area contributed by atoms with Crippen LogP contribution in [-0.4, -0.2) is 16.6 Å². The molecular formula is C16H13FN2O3S. The van der Waals surface area contributed by atoms with Gasteiger partial charge in [-0.1, -0.05) is 18.2 Å². The highest BCUT2D eigenvalue weighted by Crippen LogP contribution is 2.43. The van der Waals surface area contributed by atoms with Crippen molar-refractivity contribution in [1.82, 2.24) is 0 Å². The fourth-order valence-electron chi connectivity index (χ4n) is 2.57. The first-order chi connectivity index (χ1) is 11.0. The van der Waals surface area contributed by atoms with Crippen molar-refractivity contribution in [3.8, 4) is 0 Å². The zero-order valence-corrected chi connectivity index (χ0v) is 13.0. The van der Waals surface area contributed by atoms with Crippen LogP contribution >= 0.6 is 11.8 Å². The smallest absolute Gasteiger partial charge is 0.269 e. The van der Waals surface area contributed by atoms with Crippen molar-refractivity contribution in [2.24, 2.45) is 0 Å². The summed E-state index contributed by atoms with van der Waals surface area (Å²) < 4.78 is 13.6. The molecule has 1 saturated heterocycles. The number of benzene rings is 2. The van der Waals surface area contributed by atoms with E-state index < -0.39 is 16.1 Å². The number of carbonyl (C=O) groups is 1. The van der Waals surface area contributed by atoms with Crippen molar-refractivity contribution in [1.29, 1.82) is 0 Å². The number of halogens is 1. The van der Waals surface area contributed by atoms with Crippen molar-refractivity contribution < 1.29 is 14.1 Å². The summed E-state index contributed by atoms with van der Waals surface area (Å²) in [6.45, 7) is 1.80. The molecule has 5 nitrogen and oxygen atoms in total. The molecule has 1 atom stereocenters. The van der Waals surface area contributed by atoms with Gasteiger partial charge in [-0.3, -0.25) is 19.8 Å². The van der Waals surface area contributed by atoms with Gasteiger partial charge in [0, 0.05) is 12.1 Å². The second-order valence-electron chi connectivity index (χ2n) is 5.21. The first-order valence-corrected chi connectivity index (χ1v) is 7.96. The molecular weight excluding hydrogens is 319 g/mol. The van der Waals surface area contributed by atoms with E-state index in [1.165, 1.54) is 40.9 Å². The summed E-state index contributed by atoms with van der Waals surface area (Å²) in [5.41, 5.74) is 1.89. The van der Waals surface area contributed by atoms with Gasteiger partial charge in [-0.15, -0.1) is 11.8 Å². The maximum absolute atomic E-state index is 13.6. The Labute approximate surface area is 136 Å². The lowest BCUT2D eigenvalue weighted by Gasteiger charge is -2.25. The first kappa shape index (κ1) is 15.5.